The number of benzene rings is 2. The number of nitrogens with one attached hydrogen (secondary N) is 4. The number of thioether (sulfide) groups is 1. The van der Waals surface area contributed by atoms with E-state index >= 15 is 0 Å². The van der Waals surface area contributed by atoms with Gasteiger partial charge in [-0.3, -0.25) is 9.59 Å². The zero-order chi connectivity index (χ0) is 21.0. The van der Waals surface area contributed by atoms with Gasteiger partial charge in [0.1, 0.15) is 0 Å². The van der Waals surface area contributed by atoms with E-state index in [1.165, 1.54) is 11.8 Å². The van der Waals surface area contributed by atoms with Crippen molar-refractivity contribution >= 4 is 58.3 Å². The molecule has 0 saturated heterocycles. The predicted octanol–water partition coefficient (Wildman–Crippen LogP) is 4.31. The molecule has 0 aromatic heterocycles. The third-order valence-corrected chi connectivity index (χ3v) is 5.51. The van der Waals surface area contributed by atoms with Crippen molar-refractivity contribution in [2.45, 2.75) is 36.5 Å². The molecule has 0 aliphatic carbocycles. The van der Waals surface area contributed by atoms with Gasteiger partial charge in [0, 0.05) is 22.4 Å². The largest absolute Gasteiger partial charge is 0.336 e. The van der Waals surface area contributed by atoms with Crippen LogP contribution >= 0.6 is 23.4 Å². The highest BCUT2D eigenvalue weighted by Crippen LogP contribution is 2.38. The molecular formula is C20H21ClN4O3S. The molecule has 9 heteroatoms. The van der Waals surface area contributed by atoms with E-state index in [-0.39, 0.29) is 30.3 Å². The number of urea groups is 1. The van der Waals surface area contributed by atoms with Crippen LogP contribution in [-0.2, 0) is 9.59 Å². The molecule has 0 radical (unpaired) electrons. The van der Waals surface area contributed by atoms with Crippen molar-refractivity contribution in [3.8, 4) is 0 Å². The third-order valence-electron chi connectivity index (χ3n) is 4.00. The first-order chi connectivity index (χ1) is 13.8. The summed E-state index contributed by atoms with van der Waals surface area (Å²) in [5.74, 6) is -0.573. The molecule has 1 heterocycles. The Bertz CT molecular complexity index is 951. The molecule has 2 aromatic carbocycles. The molecule has 4 N–H and O–H groups in total. The van der Waals surface area contributed by atoms with E-state index in [2.05, 4.69) is 21.3 Å². The van der Waals surface area contributed by atoms with Crippen molar-refractivity contribution in [1.82, 2.24) is 5.32 Å². The Morgan fingerprint density at radius 3 is 2.52 bits per heavy atom. The lowest BCUT2D eigenvalue weighted by Gasteiger charge is -2.24. The van der Waals surface area contributed by atoms with Gasteiger partial charge < -0.3 is 21.3 Å². The molecule has 0 saturated carbocycles. The number of carbonyl (C=O) groups is 3. The van der Waals surface area contributed by atoms with E-state index in [0.717, 1.165) is 4.90 Å². The van der Waals surface area contributed by atoms with E-state index in [4.69, 9.17) is 11.6 Å². The Morgan fingerprint density at radius 1 is 1.14 bits per heavy atom. The molecule has 1 aliphatic heterocycles. The maximum Gasteiger partial charge on any atom is 0.319 e. The summed E-state index contributed by atoms with van der Waals surface area (Å²) in [6.45, 7) is 3.71. The lowest BCUT2D eigenvalue weighted by atomic mass is 10.2. The standard InChI is InChI=1S/C20H21ClN4O3S/c1-11(2)22-20(28)25-14-6-4-3-5-13(14)23-18(26)10-17-19(27)24-15-9-12(21)7-8-16(15)29-17/h3-9,11,17H,10H2,1-2H3,(H,23,26)(H,24,27)(H2,22,25,28). The highest BCUT2D eigenvalue weighted by molar-refractivity contribution is 8.01. The zero-order valence-electron chi connectivity index (χ0n) is 15.9. The molecule has 0 bridgehead atoms. The molecule has 1 aliphatic rings. The van der Waals surface area contributed by atoms with Gasteiger partial charge in [0.25, 0.3) is 0 Å². The number of anilines is 3. The van der Waals surface area contributed by atoms with Gasteiger partial charge in [-0.1, -0.05) is 23.7 Å². The lowest BCUT2D eigenvalue weighted by Crippen LogP contribution is -2.34. The van der Waals surface area contributed by atoms with Crippen LogP contribution < -0.4 is 21.3 Å². The molecule has 4 amide bonds. The van der Waals surface area contributed by atoms with Crippen LogP contribution in [0.5, 0.6) is 0 Å². The van der Waals surface area contributed by atoms with Crippen LogP contribution in [0.3, 0.4) is 0 Å². The van der Waals surface area contributed by atoms with Crippen LogP contribution in [0.2, 0.25) is 5.02 Å². The fourth-order valence-electron chi connectivity index (χ4n) is 2.75. The van der Waals surface area contributed by atoms with Crippen LogP contribution in [0, 0.1) is 0 Å². The SMILES string of the molecule is CC(C)NC(=O)Nc1ccccc1NC(=O)CC1Sc2ccc(Cl)cc2NC1=O. The van der Waals surface area contributed by atoms with Crippen molar-refractivity contribution in [1.29, 1.82) is 0 Å². The maximum absolute atomic E-state index is 12.6. The zero-order valence-corrected chi connectivity index (χ0v) is 17.5. The van der Waals surface area contributed by atoms with E-state index < -0.39 is 5.25 Å². The number of para-hydroxylation sites is 2. The molecule has 1 unspecified atom stereocenters. The van der Waals surface area contributed by atoms with Crippen molar-refractivity contribution in [3.63, 3.8) is 0 Å². The van der Waals surface area contributed by atoms with Gasteiger partial charge >= 0.3 is 6.03 Å². The molecule has 7 nitrogen and oxygen atoms in total. The molecule has 3 rings (SSSR count). The molecular weight excluding hydrogens is 412 g/mol. The summed E-state index contributed by atoms with van der Waals surface area (Å²) in [5.41, 5.74) is 1.58. The average Bonchev–Trinajstić information content (AvgIpc) is 2.63. The second kappa shape index (κ2) is 9.19. The summed E-state index contributed by atoms with van der Waals surface area (Å²) < 4.78 is 0. The molecule has 1 atom stereocenters. The molecule has 0 spiro atoms. The number of hydrogen-bond acceptors (Lipinski definition) is 4. The first-order valence-corrected chi connectivity index (χ1v) is 10.3. The number of hydrogen-bond donors (Lipinski definition) is 4. The minimum absolute atomic E-state index is 0.00884. The lowest BCUT2D eigenvalue weighted by molar-refractivity contribution is -0.120. The summed E-state index contributed by atoms with van der Waals surface area (Å²) in [5, 5.41) is 11.0. The van der Waals surface area contributed by atoms with Gasteiger partial charge in [-0.2, -0.15) is 0 Å². The topological polar surface area (TPSA) is 99.3 Å². The molecule has 2 aromatic rings. The van der Waals surface area contributed by atoms with Gasteiger partial charge in [0.05, 0.1) is 22.3 Å². The Labute approximate surface area is 178 Å². The Balaban J connectivity index is 1.65. The number of carbonyl (C=O) groups excluding carboxylic acids is 3. The Morgan fingerprint density at radius 2 is 1.83 bits per heavy atom. The van der Waals surface area contributed by atoms with E-state index in [1.54, 1.807) is 36.4 Å². The monoisotopic (exact) mass is 432 g/mol. The van der Waals surface area contributed by atoms with E-state index in [0.29, 0.717) is 22.1 Å². The van der Waals surface area contributed by atoms with Gasteiger partial charge in [0.2, 0.25) is 11.8 Å². The highest BCUT2D eigenvalue weighted by atomic mass is 35.5. The number of fused-ring (bicyclic) bond motifs is 1. The van der Waals surface area contributed by atoms with Gasteiger partial charge in [-0.05, 0) is 44.2 Å². The third kappa shape index (κ3) is 5.65. The van der Waals surface area contributed by atoms with Crippen molar-refractivity contribution < 1.29 is 14.4 Å². The first kappa shape index (κ1) is 21.0. The van der Waals surface area contributed by atoms with Crippen molar-refractivity contribution in [2.75, 3.05) is 16.0 Å². The fourth-order valence-corrected chi connectivity index (χ4v) is 4.01. The number of halogens is 1. The second-order valence-electron chi connectivity index (χ2n) is 6.79. The summed E-state index contributed by atoms with van der Waals surface area (Å²) in [7, 11) is 0. The Hall–Kier alpha value is -2.71. The summed E-state index contributed by atoms with van der Waals surface area (Å²) in [4.78, 5) is 37.7. The predicted molar refractivity (Wildman–Crippen MR) is 117 cm³/mol. The summed E-state index contributed by atoms with van der Waals surface area (Å²) in [6, 6.07) is 11.8. The van der Waals surface area contributed by atoms with Crippen molar-refractivity contribution in [3.05, 3.63) is 47.5 Å². The quantitative estimate of drug-likeness (QED) is 0.565. The van der Waals surface area contributed by atoms with Crippen LogP contribution in [0.25, 0.3) is 0 Å². The van der Waals surface area contributed by atoms with Gasteiger partial charge in [-0.25, -0.2) is 4.79 Å². The maximum atomic E-state index is 12.6. The van der Waals surface area contributed by atoms with E-state index in [9.17, 15) is 14.4 Å². The normalized spacial score (nSPS) is 15.3. The van der Waals surface area contributed by atoms with Gasteiger partial charge in [0.15, 0.2) is 0 Å². The summed E-state index contributed by atoms with van der Waals surface area (Å²) >= 11 is 7.28. The van der Waals surface area contributed by atoms with E-state index in [1.807, 2.05) is 19.9 Å². The Kier molecular flexibility index (Phi) is 6.66. The molecule has 0 fully saturated rings. The minimum Gasteiger partial charge on any atom is -0.336 e. The smallest absolute Gasteiger partial charge is 0.319 e. The second-order valence-corrected chi connectivity index (χ2v) is 8.47. The molecule has 152 valence electrons. The van der Waals surface area contributed by atoms with Crippen LogP contribution in [0.15, 0.2) is 47.4 Å². The fraction of sp³-hybridized carbons (Fsp3) is 0.250. The van der Waals surface area contributed by atoms with Crippen LogP contribution in [-0.4, -0.2) is 29.1 Å². The van der Waals surface area contributed by atoms with Crippen LogP contribution in [0.1, 0.15) is 20.3 Å². The number of amides is 4. The highest BCUT2D eigenvalue weighted by Gasteiger charge is 2.29. The van der Waals surface area contributed by atoms with Gasteiger partial charge in [-0.15, -0.1) is 11.8 Å². The minimum atomic E-state index is -0.562. The van der Waals surface area contributed by atoms with Crippen LogP contribution in [0.4, 0.5) is 21.9 Å². The summed E-state index contributed by atoms with van der Waals surface area (Å²) in [6.07, 6.45) is -0.00884. The average molecular weight is 433 g/mol. The number of rotatable bonds is 5. The molecule has 29 heavy (non-hydrogen) atoms. The van der Waals surface area contributed by atoms with Crippen molar-refractivity contribution in [2.24, 2.45) is 0 Å². The first-order valence-electron chi connectivity index (χ1n) is 9.05.